The van der Waals surface area contributed by atoms with Crippen LogP contribution in [0.2, 0.25) is 0 Å². The molecule has 0 fully saturated rings. The summed E-state index contributed by atoms with van der Waals surface area (Å²) >= 11 is 0. The van der Waals surface area contributed by atoms with Gasteiger partial charge in [0.15, 0.2) is 0 Å². The van der Waals surface area contributed by atoms with E-state index < -0.39 is 0 Å². The van der Waals surface area contributed by atoms with Gasteiger partial charge in [-0.25, -0.2) is 4.98 Å². The van der Waals surface area contributed by atoms with Gasteiger partial charge in [-0.15, -0.1) is 0 Å². The molecule has 94 valence electrons. The third-order valence-electron chi connectivity index (χ3n) is 2.80. The molecule has 0 atom stereocenters. The lowest BCUT2D eigenvalue weighted by atomic mass is 10.1. The molecule has 0 saturated heterocycles. The number of nitrogens with one attached hydrogen (secondary N) is 1. The second-order valence-corrected chi connectivity index (χ2v) is 4.65. The maximum absolute atomic E-state index is 5.65. The van der Waals surface area contributed by atoms with E-state index in [1.807, 2.05) is 13.0 Å². The van der Waals surface area contributed by atoms with Gasteiger partial charge in [0.2, 0.25) is 5.95 Å². The summed E-state index contributed by atoms with van der Waals surface area (Å²) in [4.78, 5) is 8.25. The normalized spacial score (nSPS) is 10.4. The lowest BCUT2D eigenvalue weighted by molar-refractivity contribution is 1.12. The number of anilines is 3. The van der Waals surface area contributed by atoms with Crippen molar-refractivity contribution in [3.63, 3.8) is 0 Å². The SMILES string of the molecule is Cc1cc(C)c(Nc2cc(C)nc(N)n2)c(C)c1. The monoisotopic (exact) mass is 242 g/mol. The van der Waals surface area contributed by atoms with Gasteiger partial charge < -0.3 is 11.1 Å². The van der Waals surface area contributed by atoms with E-state index in [-0.39, 0.29) is 0 Å². The van der Waals surface area contributed by atoms with Crippen molar-refractivity contribution in [1.29, 1.82) is 0 Å². The first-order valence-corrected chi connectivity index (χ1v) is 5.92. The molecule has 0 saturated carbocycles. The molecule has 0 aliphatic heterocycles. The predicted molar refractivity (Wildman–Crippen MR) is 75.1 cm³/mol. The van der Waals surface area contributed by atoms with Crippen molar-refractivity contribution in [3.8, 4) is 0 Å². The van der Waals surface area contributed by atoms with Crippen LogP contribution in [-0.2, 0) is 0 Å². The van der Waals surface area contributed by atoms with Crippen LogP contribution in [0.25, 0.3) is 0 Å². The van der Waals surface area contributed by atoms with Crippen LogP contribution in [0.1, 0.15) is 22.4 Å². The Kier molecular flexibility index (Phi) is 3.19. The zero-order valence-corrected chi connectivity index (χ0v) is 11.2. The number of benzene rings is 1. The van der Waals surface area contributed by atoms with Crippen LogP contribution < -0.4 is 11.1 Å². The highest BCUT2D eigenvalue weighted by molar-refractivity contribution is 5.65. The molecule has 1 heterocycles. The summed E-state index contributed by atoms with van der Waals surface area (Å²) in [6.45, 7) is 8.16. The molecule has 1 aromatic heterocycles. The lowest BCUT2D eigenvalue weighted by Crippen LogP contribution is -2.03. The van der Waals surface area contributed by atoms with Crippen LogP contribution in [0.4, 0.5) is 17.5 Å². The predicted octanol–water partition coefficient (Wildman–Crippen LogP) is 3.04. The quantitative estimate of drug-likeness (QED) is 0.849. The molecule has 3 N–H and O–H groups in total. The van der Waals surface area contributed by atoms with Gasteiger partial charge in [0, 0.05) is 17.4 Å². The third kappa shape index (κ3) is 2.59. The van der Waals surface area contributed by atoms with Crippen molar-refractivity contribution >= 4 is 17.5 Å². The molecular weight excluding hydrogens is 224 g/mol. The average Bonchev–Trinajstić information content (AvgIpc) is 2.22. The minimum Gasteiger partial charge on any atom is -0.368 e. The summed E-state index contributed by atoms with van der Waals surface area (Å²) < 4.78 is 0. The molecule has 0 amide bonds. The first kappa shape index (κ1) is 12.4. The Morgan fingerprint density at radius 2 is 1.56 bits per heavy atom. The van der Waals surface area contributed by atoms with Gasteiger partial charge in [-0.3, -0.25) is 0 Å². The Labute approximate surface area is 107 Å². The lowest BCUT2D eigenvalue weighted by Gasteiger charge is -2.13. The van der Waals surface area contributed by atoms with E-state index in [4.69, 9.17) is 5.73 Å². The fraction of sp³-hybridized carbons (Fsp3) is 0.286. The maximum Gasteiger partial charge on any atom is 0.222 e. The second kappa shape index (κ2) is 4.64. The molecular formula is C14H18N4. The summed E-state index contributed by atoms with van der Waals surface area (Å²) in [6.07, 6.45) is 0. The highest BCUT2D eigenvalue weighted by atomic mass is 15.1. The molecule has 1 aromatic carbocycles. The highest BCUT2D eigenvalue weighted by Crippen LogP contribution is 2.25. The summed E-state index contributed by atoms with van der Waals surface area (Å²) in [5.41, 5.74) is 11.2. The summed E-state index contributed by atoms with van der Waals surface area (Å²) in [6, 6.07) is 6.18. The van der Waals surface area contributed by atoms with Crippen molar-refractivity contribution in [2.45, 2.75) is 27.7 Å². The average molecular weight is 242 g/mol. The number of hydrogen-bond donors (Lipinski definition) is 2. The molecule has 2 rings (SSSR count). The van der Waals surface area contributed by atoms with Crippen LogP contribution in [0.15, 0.2) is 18.2 Å². The number of nitrogens with two attached hydrogens (primary N) is 1. The molecule has 0 bridgehead atoms. The Morgan fingerprint density at radius 3 is 2.11 bits per heavy atom. The number of aromatic nitrogens is 2. The molecule has 4 heteroatoms. The van der Waals surface area contributed by atoms with E-state index in [1.165, 1.54) is 16.7 Å². The van der Waals surface area contributed by atoms with Crippen LogP contribution in [0.3, 0.4) is 0 Å². The van der Waals surface area contributed by atoms with E-state index >= 15 is 0 Å². The Morgan fingerprint density at radius 1 is 0.944 bits per heavy atom. The van der Waals surface area contributed by atoms with Gasteiger partial charge in [0.05, 0.1) is 0 Å². The Bertz CT molecular complexity index is 547. The van der Waals surface area contributed by atoms with E-state index in [0.29, 0.717) is 5.95 Å². The third-order valence-corrected chi connectivity index (χ3v) is 2.80. The summed E-state index contributed by atoms with van der Waals surface area (Å²) in [7, 11) is 0. The molecule has 0 radical (unpaired) electrons. The fourth-order valence-electron chi connectivity index (χ4n) is 2.16. The minimum absolute atomic E-state index is 0.292. The van der Waals surface area contributed by atoms with Crippen LogP contribution >= 0.6 is 0 Å². The van der Waals surface area contributed by atoms with Crippen molar-refractivity contribution in [1.82, 2.24) is 9.97 Å². The van der Waals surface area contributed by atoms with Crippen LogP contribution in [0.5, 0.6) is 0 Å². The van der Waals surface area contributed by atoms with Gasteiger partial charge in [-0.1, -0.05) is 17.7 Å². The fourth-order valence-corrected chi connectivity index (χ4v) is 2.16. The van der Waals surface area contributed by atoms with Gasteiger partial charge in [-0.05, 0) is 38.8 Å². The van der Waals surface area contributed by atoms with E-state index in [2.05, 4.69) is 48.2 Å². The Hall–Kier alpha value is -2.10. The number of hydrogen-bond acceptors (Lipinski definition) is 4. The minimum atomic E-state index is 0.292. The van der Waals surface area contributed by atoms with Gasteiger partial charge >= 0.3 is 0 Å². The molecule has 18 heavy (non-hydrogen) atoms. The van der Waals surface area contributed by atoms with Gasteiger partial charge in [0.1, 0.15) is 5.82 Å². The van der Waals surface area contributed by atoms with Crippen LogP contribution in [-0.4, -0.2) is 9.97 Å². The number of nitrogens with zero attached hydrogens (tertiary/aromatic N) is 2. The molecule has 4 nitrogen and oxygen atoms in total. The van der Waals surface area contributed by atoms with Crippen LogP contribution in [0, 0.1) is 27.7 Å². The number of nitrogen functional groups attached to an aromatic ring is 1. The molecule has 0 aliphatic carbocycles. The standard InChI is InChI=1S/C14H18N4/c1-8-5-9(2)13(10(3)6-8)17-12-7-11(4)16-14(15)18-12/h5-7H,1-4H3,(H3,15,16,17,18). The van der Waals surface area contributed by atoms with Crippen molar-refractivity contribution in [3.05, 3.63) is 40.6 Å². The summed E-state index contributed by atoms with van der Waals surface area (Å²) in [5, 5.41) is 3.32. The summed E-state index contributed by atoms with van der Waals surface area (Å²) in [5.74, 6) is 1.02. The largest absolute Gasteiger partial charge is 0.368 e. The van der Waals surface area contributed by atoms with E-state index in [9.17, 15) is 0 Å². The molecule has 2 aromatic rings. The van der Waals surface area contributed by atoms with E-state index in [0.717, 1.165) is 17.2 Å². The van der Waals surface area contributed by atoms with Crippen molar-refractivity contribution in [2.75, 3.05) is 11.1 Å². The van der Waals surface area contributed by atoms with Gasteiger partial charge in [-0.2, -0.15) is 4.98 Å². The Balaban J connectivity index is 2.40. The molecule has 0 aliphatic rings. The number of aryl methyl sites for hydroxylation is 4. The number of rotatable bonds is 2. The highest BCUT2D eigenvalue weighted by Gasteiger charge is 2.06. The first-order valence-electron chi connectivity index (χ1n) is 5.92. The topological polar surface area (TPSA) is 63.8 Å². The van der Waals surface area contributed by atoms with Crippen molar-refractivity contribution < 1.29 is 0 Å². The van der Waals surface area contributed by atoms with E-state index in [1.54, 1.807) is 0 Å². The van der Waals surface area contributed by atoms with Crippen molar-refractivity contribution in [2.24, 2.45) is 0 Å². The molecule has 0 unspecified atom stereocenters. The second-order valence-electron chi connectivity index (χ2n) is 4.65. The zero-order valence-electron chi connectivity index (χ0n) is 11.2. The van der Waals surface area contributed by atoms with Gasteiger partial charge in [0.25, 0.3) is 0 Å². The zero-order chi connectivity index (χ0) is 13.3. The smallest absolute Gasteiger partial charge is 0.222 e. The molecule has 0 spiro atoms. The maximum atomic E-state index is 5.65. The first-order chi connectivity index (χ1) is 8.45.